The largest absolute Gasteiger partial charge is 0.335 e. The van der Waals surface area contributed by atoms with Crippen LogP contribution in [0.2, 0.25) is 0 Å². The van der Waals surface area contributed by atoms with Crippen LogP contribution in [-0.4, -0.2) is 36.0 Å². The fourth-order valence-electron chi connectivity index (χ4n) is 3.13. The van der Waals surface area contributed by atoms with E-state index in [1.165, 1.54) is 24.8 Å². The number of aryl methyl sites for hydroxylation is 1. The molecule has 0 aromatic heterocycles. The summed E-state index contributed by atoms with van der Waals surface area (Å²) in [6, 6.07) is 6.91. The predicted molar refractivity (Wildman–Crippen MR) is 86.6 cm³/mol. The number of amides is 1. The number of hydrogen-bond acceptors (Lipinski definition) is 2. The second kappa shape index (κ2) is 6.46. The number of rotatable bonds is 1. The van der Waals surface area contributed by atoms with E-state index in [-0.39, 0.29) is 18.3 Å². The van der Waals surface area contributed by atoms with Crippen molar-refractivity contribution in [2.45, 2.75) is 38.3 Å². The van der Waals surface area contributed by atoms with E-state index in [9.17, 15) is 4.79 Å². The van der Waals surface area contributed by atoms with Gasteiger partial charge in [0.25, 0.3) is 5.91 Å². The molecule has 1 amide bonds. The zero-order chi connectivity index (χ0) is 13.4. The molecular formula is C15H20BrClN2O. The van der Waals surface area contributed by atoms with E-state index in [2.05, 4.69) is 21.2 Å². The van der Waals surface area contributed by atoms with Gasteiger partial charge in [-0.2, -0.15) is 0 Å². The molecular weight excluding hydrogens is 340 g/mol. The maximum absolute atomic E-state index is 12.6. The van der Waals surface area contributed by atoms with E-state index in [1.807, 2.05) is 30.0 Å². The highest BCUT2D eigenvalue weighted by Gasteiger charge is 2.32. The fraction of sp³-hybridized carbons (Fsp3) is 0.533. The first-order valence-corrected chi connectivity index (χ1v) is 7.74. The summed E-state index contributed by atoms with van der Waals surface area (Å²) < 4.78 is 0.904. The number of benzene rings is 1. The van der Waals surface area contributed by atoms with Crippen molar-refractivity contribution in [3.63, 3.8) is 0 Å². The molecule has 2 heterocycles. The zero-order valence-electron chi connectivity index (χ0n) is 11.6. The van der Waals surface area contributed by atoms with Crippen molar-refractivity contribution in [3.8, 4) is 0 Å². The normalized spacial score (nSPS) is 25.0. The Morgan fingerprint density at radius 3 is 2.55 bits per heavy atom. The lowest BCUT2D eigenvalue weighted by Crippen LogP contribution is -2.59. The third-order valence-corrected chi connectivity index (χ3v) is 4.76. The van der Waals surface area contributed by atoms with Gasteiger partial charge in [-0.1, -0.05) is 12.5 Å². The van der Waals surface area contributed by atoms with Crippen LogP contribution in [0.1, 0.15) is 35.2 Å². The molecule has 2 fully saturated rings. The van der Waals surface area contributed by atoms with Crippen molar-refractivity contribution in [2.75, 3.05) is 13.1 Å². The number of likely N-dealkylation sites (tertiary alicyclic amines) is 1. The van der Waals surface area contributed by atoms with Crippen LogP contribution >= 0.6 is 28.3 Å². The molecule has 5 heteroatoms. The Balaban J connectivity index is 0.00000147. The minimum absolute atomic E-state index is 0. The molecule has 0 radical (unpaired) electrons. The van der Waals surface area contributed by atoms with Crippen LogP contribution < -0.4 is 5.32 Å². The number of carbonyl (C=O) groups is 1. The Hall–Kier alpha value is -0.580. The smallest absolute Gasteiger partial charge is 0.255 e. The molecule has 1 aromatic carbocycles. The van der Waals surface area contributed by atoms with Crippen LogP contribution in [0.4, 0.5) is 0 Å². The molecule has 110 valence electrons. The highest BCUT2D eigenvalue weighted by Crippen LogP contribution is 2.24. The van der Waals surface area contributed by atoms with Crippen LogP contribution in [0, 0.1) is 6.92 Å². The van der Waals surface area contributed by atoms with Crippen molar-refractivity contribution in [3.05, 3.63) is 33.8 Å². The molecule has 0 spiro atoms. The first-order chi connectivity index (χ1) is 9.13. The highest BCUT2D eigenvalue weighted by atomic mass is 79.9. The summed E-state index contributed by atoms with van der Waals surface area (Å²) in [5.41, 5.74) is 1.95. The van der Waals surface area contributed by atoms with Crippen LogP contribution in [0.15, 0.2) is 22.7 Å². The van der Waals surface area contributed by atoms with Crippen molar-refractivity contribution < 1.29 is 4.79 Å². The molecule has 2 aliphatic rings. The second-order valence-electron chi connectivity index (χ2n) is 5.68. The summed E-state index contributed by atoms with van der Waals surface area (Å²) in [4.78, 5) is 14.6. The van der Waals surface area contributed by atoms with E-state index in [0.29, 0.717) is 12.1 Å². The van der Waals surface area contributed by atoms with Gasteiger partial charge in [0.05, 0.1) is 5.56 Å². The van der Waals surface area contributed by atoms with Gasteiger partial charge in [-0.15, -0.1) is 12.4 Å². The number of fused-ring (bicyclic) bond motifs is 2. The van der Waals surface area contributed by atoms with Crippen molar-refractivity contribution in [2.24, 2.45) is 0 Å². The van der Waals surface area contributed by atoms with Gasteiger partial charge < -0.3 is 10.2 Å². The van der Waals surface area contributed by atoms with E-state index in [4.69, 9.17) is 0 Å². The van der Waals surface area contributed by atoms with Crippen molar-refractivity contribution in [1.29, 1.82) is 0 Å². The van der Waals surface area contributed by atoms with Gasteiger partial charge in [-0.25, -0.2) is 0 Å². The van der Waals surface area contributed by atoms with Gasteiger partial charge in [-0.3, -0.25) is 4.79 Å². The Morgan fingerprint density at radius 2 is 1.95 bits per heavy atom. The third kappa shape index (κ3) is 3.18. The van der Waals surface area contributed by atoms with Crippen LogP contribution in [0.25, 0.3) is 0 Å². The SMILES string of the molecule is Cc1ccc(C(=O)N2CC3CCCC(C2)N3)c(Br)c1.Cl. The van der Waals surface area contributed by atoms with Gasteiger partial charge in [-0.05, 0) is 53.4 Å². The molecule has 20 heavy (non-hydrogen) atoms. The summed E-state index contributed by atoms with van der Waals surface area (Å²) >= 11 is 3.51. The number of piperazine rings is 1. The Labute approximate surface area is 134 Å². The summed E-state index contributed by atoms with van der Waals surface area (Å²) in [6.45, 7) is 3.72. The molecule has 2 bridgehead atoms. The Morgan fingerprint density at radius 1 is 1.30 bits per heavy atom. The van der Waals surface area contributed by atoms with Gasteiger partial charge in [0.15, 0.2) is 0 Å². The highest BCUT2D eigenvalue weighted by molar-refractivity contribution is 9.10. The van der Waals surface area contributed by atoms with Crippen LogP contribution in [-0.2, 0) is 0 Å². The standard InChI is InChI=1S/C15H19BrN2O.ClH/c1-10-5-6-13(14(16)7-10)15(19)18-8-11-3-2-4-12(9-18)17-11;/h5-7,11-12,17H,2-4,8-9H2,1H3;1H. The van der Waals surface area contributed by atoms with E-state index in [0.717, 1.165) is 23.1 Å². The molecule has 2 atom stereocenters. The average molecular weight is 360 g/mol. The maximum Gasteiger partial charge on any atom is 0.255 e. The van der Waals surface area contributed by atoms with E-state index in [1.54, 1.807) is 0 Å². The number of halogens is 2. The number of piperidine rings is 1. The molecule has 2 saturated heterocycles. The Bertz CT molecular complexity index is 497. The van der Waals surface area contributed by atoms with Crippen molar-refractivity contribution in [1.82, 2.24) is 10.2 Å². The lowest BCUT2D eigenvalue weighted by molar-refractivity contribution is 0.0607. The first kappa shape index (κ1) is 15.8. The van der Waals surface area contributed by atoms with Gasteiger partial charge in [0.1, 0.15) is 0 Å². The molecule has 0 saturated carbocycles. The number of nitrogens with one attached hydrogen (secondary N) is 1. The topological polar surface area (TPSA) is 32.3 Å². The summed E-state index contributed by atoms with van der Waals surface area (Å²) in [7, 11) is 0. The maximum atomic E-state index is 12.6. The number of hydrogen-bond donors (Lipinski definition) is 1. The van der Waals surface area contributed by atoms with E-state index < -0.39 is 0 Å². The summed E-state index contributed by atoms with van der Waals surface area (Å²) in [5.74, 6) is 0.158. The van der Waals surface area contributed by atoms with Gasteiger partial charge >= 0.3 is 0 Å². The minimum atomic E-state index is 0. The second-order valence-corrected chi connectivity index (χ2v) is 6.54. The number of carbonyl (C=O) groups excluding carboxylic acids is 1. The summed E-state index contributed by atoms with van der Waals surface area (Å²) in [6.07, 6.45) is 3.67. The predicted octanol–water partition coefficient (Wildman–Crippen LogP) is 3.15. The van der Waals surface area contributed by atoms with Gasteiger partial charge in [0.2, 0.25) is 0 Å². The van der Waals surface area contributed by atoms with Crippen LogP contribution in [0.5, 0.6) is 0 Å². The molecule has 3 rings (SSSR count). The van der Waals surface area contributed by atoms with E-state index >= 15 is 0 Å². The third-order valence-electron chi connectivity index (χ3n) is 4.10. The lowest BCUT2D eigenvalue weighted by Gasteiger charge is -2.42. The van der Waals surface area contributed by atoms with Crippen LogP contribution in [0.3, 0.4) is 0 Å². The fourth-order valence-corrected chi connectivity index (χ4v) is 3.80. The van der Waals surface area contributed by atoms with Gasteiger partial charge in [0, 0.05) is 29.6 Å². The molecule has 2 aliphatic heterocycles. The number of nitrogens with zero attached hydrogens (tertiary/aromatic N) is 1. The molecule has 2 unspecified atom stereocenters. The summed E-state index contributed by atoms with van der Waals surface area (Å²) in [5, 5.41) is 3.61. The average Bonchev–Trinajstić information content (AvgIpc) is 2.37. The van der Waals surface area contributed by atoms with Crippen molar-refractivity contribution >= 4 is 34.2 Å². The molecule has 3 nitrogen and oxygen atoms in total. The minimum Gasteiger partial charge on any atom is -0.335 e. The molecule has 1 N–H and O–H groups in total. The lowest BCUT2D eigenvalue weighted by atomic mass is 9.94. The monoisotopic (exact) mass is 358 g/mol. The zero-order valence-corrected chi connectivity index (χ0v) is 14.0. The molecule has 1 aromatic rings. The molecule has 0 aliphatic carbocycles. The quantitative estimate of drug-likeness (QED) is 0.835. The first-order valence-electron chi connectivity index (χ1n) is 6.95. The Kier molecular flexibility index (Phi) is 5.10.